The number of hydrogen-bond donors (Lipinski definition) is 0. The van der Waals surface area contributed by atoms with Crippen LogP contribution in [0, 0.1) is 18.3 Å². The first-order valence-electron chi connectivity index (χ1n) is 5.99. The molecule has 1 aromatic heterocycles. The molecule has 0 saturated carbocycles. The molecule has 0 aliphatic carbocycles. The van der Waals surface area contributed by atoms with Crippen LogP contribution in [0.4, 0.5) is 0 Å². The fourth-order valence-corrected chi connectivity index (χ4v) is 2.84. The normalized spacial score (nSPS) is 14.6. The summed E-state index contributed by atoms with van der Waals surface area (Å²) >= 11 is 1.36. The monoisotopic (exact) mass is 261 g/mol. The van der Waals surface area contributed by atoms with Gasteiger partial charge in [-0.25, -0.2) is 4.98 Å². The van der Waals surface area contributed by atoms with Gasteiger partial charge in [0.1, 0.15) is 11.1 Å². The summed E-state index contributed by atoms with van der Waals surface area (Å²) in [6.45, 7) is 3.62. The second kappa shape index (κ2) is 5.87. The summed E-state index contributed by atoms with van der Waals surface area (Å²) in [5.41, 5.74) is 1.41. The number of nitriles is 1. The Hall–Kier alpha value is -1.54. The number of hydrogen-bond acceptors (Lipinski definition) is 4. The fraction of sp³-hybridized carbons (Fsp3) is 0.462. The minimum Gasteiger partial charge on any atom is -0.342 e. The SMILES string of the molecule is Cc1ccc(C#N)c(SCC(=O)N2CCCC2)n1. The zero-order valence-electron chi connectivity index (χ0n) is 10.3. The molecular weight excluding hydrogens is 246 g/mol. The van der Waals surface area contributed by atoms with Crippen LogP contribution in [-0.2, 0) is 4.79 Å². The minimum atomic E-state index is 0.143. The summed E-state index contributed by atoms with van der Waals surface area (Å²) in [4.78, 5) is 18.1. The van der Waals surface area contributed by atoms with Gasteiger partial charge in [-0.15, -0.1) is 0 Å². The lowest BCUT2D eigenvalue weighted by Gasteiger charge is -2.14. The number of rotatable bonds is 3. The van der Waals surface area contributed by atoms with Gasteiger partial charge in [-0.3, -0.25) is 4.79 Å². The van der Waals surface area contributed by atoms with Gasteiger partial charge < -0.3 is 4.90 Å². The first-order valence-corrected chi connectivity index (χ1v) is 6.97. The number of thioether (sulfide) groups is 1. The van der Waals surface area contributed by atoms with Crippen molar-refractivity contribution < 1.29 is 4.79 Å². The fourth-order valence-electron chi connectivity index (χ4n) is 1.92. The Labute approximate surface area is 111 Å². The topological polar surface area (TPSA) is 57.0 Å². The molecule has 0 N–H and O–H groups in total. The summed E-state index contributed by atoms with van der Waals surface area (Å²) in [5.74, 6) is 0.509. The standard InChI is InChI=1S/C13H15N3OS/c1-10-4-5-11(8-14)13(15-10)18-9-12(17)16-6-2-3-7-16/h4-5H,2-3,6-7,9H2,1H3. The van der Waals surface area contributed by atoms with Gasteiger partial charge >= 0.3 is 0 Å². The van der Waals surface area contributed by atoms with Gasteiger partial charge in [-0.05, 0) is 31.9 Å². The molecule has 94 valence electrons. The molecule has 1 amide bonds. The molecule has 5 heteroatoms. The van der Waals surface area contributed by atoms with Crippen LogP contribution in [0.2, 0.25) is 0 Å². The molecule has 0 aromatic carbocycles. The van der Waals surface area contributed by atoms with Crippen molar-refractivity contribution in [3.05, 3.63) is 23.4 Å². The van der Waals surface area contributed by atoms with E-state index in [4.69, 9.17) is 5.26 Å². The molecule has 18 heavy (non-hydrogen) atoms. The number of aromatic nitrogens is 1. The van der Waals surface area contributed by atoms with E-state index in [1.54, 1.807) is 6.07 Å². The Morgan fingerprint density at radius 3 is 2.89 bits per heavy atom. The highest BCUT2D eigenvalue weighted by atomic mass is 32.2. The number of amides is 1. The van der Waals surface area contributed by atoms with E-state index < -0.39 is 0 Å². The average Bonchev–Trinajstić information content (AvgIpc) is 2.90. The molecule has 1 fully saturated rings. The van der Waals surface area contributed by atoms with Crippen molar-refractivity contribution >= 4 is 17.7 Å². The van der Waals surface area contributed by atoms with Gasteiger partial charge in [-0.1, -0.05) is 11.8 Å². The Bertz CT molecular complexity index is 489. The van der Waals surface area contributed by atoms with Crippen molar-refractivity contribution in [2.24, 2.45) is 0 Å². The van der Waals surface area contributed by atoms with E-state index in [9.17, 15) is 4.79 Å². The van der Waals surface area contributed by atoms with Crippen LogP contribution in [0.15, 0.2) is 17.2 Å². The zero-order chi connectivity index (χ0) is 13.0. The molecule has 0 atom stereocenters. The van der Waals surface area contributed by atoms with Gasteiger partial charge in [0, 0.05) is 18.8 Å². The van der Waals surface area contributed by atoms with Crippen LogP contribution in [0.3, 0.4) is 0 Å². The van der Waals surface area contributed by atoms with E-state index in [2.05, 4.69) is 11.1 Å². The van der Waals surface area contributed by atoms with Crippen molar-refractivity contribution in [2.75, 3.05) is 18.8 Å². The molecule has 4 nitrogen and oxygen atoms in total. The third-order valence-corrected chi connectivity index (χ3v) is 3.89. The minimum absolute atomic E-state index is 0.143. The highest BCUT2D eigenvalue weighted by Crippen LogP contribution is 2.21. The highest BCUT2D eigenvalue weighted by molar-refractivity contribution is 7.99. The van der Waals surface area contributed by atoms with E-state index in [0.29, 0.717) is 16.3 Å². The lowest BCUT2D eigenvalue weighted by Crippen LogP contribution is -2.29. The van der Waals surface area contributed by atoms with Gasteiger partial charge in [0.05, 0.1) is 11.3 Å². The second-order valence-corrected chi connectivity index (χ2v) is 5.26. The summed E-state index contributed by atoms with van der Waals surface area (Å²) < 4.78 is 0. The van der Waals surface area contributed by atoms with E-state index in [-0.39, 0.29) is 5.91 Å². The molecule has 0 bridgehead atoms. The predicted octanol–water partition coefficient (Wildman–Crippen LogP) is 1.98. The average molecular weight is 261 g/mol. The molecule has 0 spiro atoms. The number of pyridine rings is 1. The molecule has 1 aliphatic heterocycles. The van der Waals surface area contributed by atoms with Crippen LogP contribution in [0.5, 0.6) is 0 Å². The van der Waals surface area contributed by atoms with Crippen LogP contribution < -0.4 is 0 Å². The third kappa shape index (κ3) is 3.02. The third-order valence-electron chi connectivity index (χ3n) is 2.91. The maximum atomic E-state index is 11.9. The van der Waals surface area contributed by atoms with Gasteiger partial charge in [-0.2, -0.15) is 5.26 Å². The molecule has 0 radical (unpaired) electrons. The molecule has 1 aliphatic rings. The van der Waals surface area contributed by atoms with E-state index in [0.717, 1.165) is 31.6 Å². The summed E-state index contributed by atoms with van der Waals surface area (Å²) in [7, 11) is 0. The van der Waals surface area contributed by atoms with Gasteiger partial charge in [0.15, 0.2) is 0 Å². The molecule has 1 aromatic rings. The van der Waals surface area contributed by atoms with Crippen LogP contribution in [0.25, 0.3) is 0 Å². The van der Waals surface area contributed by atoms with Crippen molar-refractivity contribution in [2.45, 2.75) is 24.8 Å². The number of likely N-dealkylation sites (tertiary alicyclic amines) is 1. The van der Waals surface area contributed by atoms with Crippen LogP contribution in [-0.4, -0.2) is 34.6 Å². The summed E-state index contributed by atoms with van der Waals surface area (Å²) in [6.07, 6.45) is 2.20. The predicted molar refractivity (Wildman–Crippen MR) is 70.2 cm³/mol. The largest absolute Gasteiger partial charge is 0.342 e. The number of carbonyl (C=O) groups excluding carboxylic acids is 1. The van der Waals surface area contributed by atoms with Crippen molar-refractivity contribution in [1.29, 1.82) is 5.26 Å². The van der Waals surface area contributed by atoms with Crippen molar-refractivity contribution in [3.8, 4) is 6.07 Å². The van der Waals surface area contributed by atoms with Gasteiger partial charge in [0.25, 0.3) is 0 Å². The Kier molecular flexibility index (Phi) is 4.21. The lowest BCUT2D eigenvalue weighted by molar-refractivity contribution is -0.127. The maximum Gasteiger partial charge on any atom is 0.232 e. The second-order valence-electron chi connectivity index (χ2n) is 4.29. The first kappa shape index (κ1) is 12.9. The maximum absolute atomic E-state index is 11.9. The molecule has 2 rings (SSSR count). The lowest BCUT2D eigenvalue weighted by atomic mass is 10.3. The quantitative estimate of drug-likeness (QED) is 0.781. The number of carbonyl (C=O) groups is 1. The molecule has 0 unspecified atom stereocenters. The Balaban J connectivity index is 1.99. The van der Waals surface area contributed by atoms with Crippen molar-refractivity contribution in [1.82, 2.24) is 9.88 Å². The summed E-state index contributed by atoms with van der Waals surface area (Å²) in [5, 5.41) is 9.64. The van der Waals surface area contributed by atoms with Crippen molar-refractivity contribution in [3.63, 3.8) is 0 Å². The number of nitrogens with zero attached hydrogens (tertiary/aromatic N) is 3. The zero-order valence-corrected chi connectivity index (χ0v) is 11.2. The smallest absolute Gasteiger partial charge is 0.232 e. The Morgan fingerprint density at radius 1 is 1.50 bits per heavy atom. The van der Waals surface area contributed by atoms with Crippen LogP contribution >= 0.6 is 11.8 Å². The highest BCUT2D eigenvalue weighted by Gasteiger charge is 2.18. The van der Waals surface area contributed by atoms with Gasteiger partial charge in [0.2, 0.25) is 5.91 Å². The van der Waals surface area contributed by atoms with E-state index >= 15 is 0 Å². The molecule has 2 heterocycles. The molecular formula is C13H15N3OS. The summed E-state index contributed by atoms with van der Waals surface area (Å²) in [6, 6.07) is 5.67. The first-order chi connectivity index (χ1) is 8.70. The van der Waals surface area contributed by atoms with E-state index in [1.807, 2.05) is 17.9 Å². The Morgan fingerprint density at radius 2 is 2.22 bits per heavy atom. The van der Waals surface area contributed by atoms with Crippen LogP contribution in [0.1, 0.15) is 24.1 Å². The number of aryl methyl sites for hydroxylation is 1. The van der Waals surface area contributed by atoms with E-state index in [1.165, 1.54) is 11.8 Å². The molecule has 1 saturated heterocycles.